The van der Waals surface area contributed by atoms with E-state index in [0.717, 1.165) is 73.6 Å². The van der Waals surface area contributed by atoms with Crippen LogP contribution in [0.1, 0.15) is 41.1 Å². The van der Waals surface area contributed by atoms with Crippen LogP contribution in [0.4, 0.5) is 17.1 Å². The van der Waals surface area contributed by atoms with Gasteiger partial charge in [0.1, 0.15) is 22.8 Å². The molecule has 4 fully saturated rings. The van der Waals surface area contributed by atoms with Crippen molar-refractivity contribution in [1.82, 2.24) is 19.6 Å². The number of hydrogen-bond donors (Lipinski definition) is 3. The number of sulfonamides is 1. The van der Waals surface area contributed by atoms with Crippen LogP contribution in [-0.2, 0) is 14.8 Å². The van der Waals surface area contributed by atoms with Crippen LogP contribution in [0.3, 0.4) is 0 Å². The molecular formula is C45H46ClN7O7S. The summed E-state index contributed by atoms with van der Waals surface area (Å²) >= 11 is 6.27. The molecule has 0 spiro atoms. The molecule has 4 bridgehead atoms. The average Bonchev–Trinajstić information content (AvgIpc) is 3.54. The van der Waals surface area contributed by atoms with E-state index in [9.17, 15) is 23.3 Å². The fourth-order valence-electron chi connectivity index (χ4n) is 10.2. The number of pyridine rings is 1. The number of amides is 1. The molecule has 2 saturated heterocycles. The van der Waals surface area contributed by atoms with Crippen LogP contribution in [0.25, 0.3) is 11.0 Å². The molecule has 2 saturated carbocycles. The summed E-state index contributed by atoms with van der Waals surface area (Å²) in [5.74, 6) is 2.90. The number of allylic oxidation sites excluding steroid dienone is 2. The number of ether oxygens (including phenoxy) is 2. The molecule has 0 radical (unpaired) electrons. The number of carbonyl (C=O) groups is 1. The second-order valence-corrected chi connectivity index (χ2v) is 19.0. The minimum atomic E-state index is -4.55. The quantitative estimate of drug-likeness (QED) is 0.0605. The molecule has 3 N–H and O–H groups in total. The van der Waals surface area contributed by atoms with Crippen molar-refractivity contribution in [2.24, 2.45) is 29.6 Å². The van der Waals surface area contributed by atoms with Crippen LogP contribution in [-0.4, -0.2) is 86.6 Å². The topological polar surface area (TPSA) is 172 Å². The van der Waals surface area contributed by atoms with Crippen LogP contribution in [0.15, 0.2) is 102 Å². The molecule has 316 valence electrons. The highest BCUT2D eigenvalue weighted by Gasteiger charge is 2.61. The Bertz CT molecular complexity index is 2640. The molecule has 11 rings (SSSR count). The van der Waals surface area contributed by atoms with Gasteiger partial charge in [-0.3, -0.25) is 19.8 Å². The Morgan fingerprint density at radius 1 is 1.00 bits per heavy atom. The number of aromatic amines is 1. The zero-order valence-electron chi connectivity index (χ0n) is 33.3. The summed E-state index contributed by atoms with van der Waals surface area (Å²) in [5.41, 5.74) is 4.31. The van der Waals surface area contributed by atoms with E-state index in [2.05, 4.69) is 48.0 Å². The maximum Gasteiger partial charge on any atom is 0.293 e. The van der Waals surface area contributed by atoms with Crippen molar-refractivity contribution in [1.29, 1.82) is 0 Å². The Morgan fingerprint density at radius 2 is 1.80 bits per heavy atom. The molecule has 2 aromatic heterocycles. The second-order valence-electron chi connectivity index (χ2n) is 16.9. The lowest BCUT2D eigenvalue weighted by atomic mass is 9.67. The Balaban J connectivity index is 0.859. The molecule has 61 heavy (non-hydrogen) atoms. The number of piperazine rings is 1. The van der Waals surface area contributed by atoms with Gasteiger partial charge < -0.3 is 24.7 Å². The summed E-state index contributed by atoms with van der Waals surface area (Å²) < 4.78 is 41.2. The van der Waals surface area contributed by atoms with E-state index in [-0.39, 0.29) is 22.9 Å². The Hall–Kier alpha value is -5.48. The van der Waals surface area contributed by atoms with Gasteiger partial charge in [-0.25, -0.2) is 18.1 Å². The summed E-state index contributed by atoms with van der Waals surface area (Å²) in [6, 6.07) is 20.8. The molecule has 6 aliphatic rings. The Labute approximate surface area is 358 Å². The largest absolute Gasteiger partial charge is 0.455 e. The first-order valence-electron chi connectivity index (χ1n) is 20.9. The number of H-pyrrole nitrogens is 1. The smallest absolute Gasteiger partial charge is 0.293 e. The van der Waals surface area contributed by atoms with Crippen molar-refractivity contribution in [2.75, 3.05) is 62.7 Å². The van der Waals surface area contributed by atoms with E-state index in [4.69, 9.17) is 21.1 Å². The third-order valence-corrected chi connectivity index (χ3v) is 14.9. The van der Waals surface area contributed by atoms with Crippen molar-refractivity contribution in [3.05, 3.63) is 123 Å². The van der Waals surface area contributed by atoms with Gasteiger partial charge >= 0.3 is 0 Å². The molecule has 0 unspecified atom stereocenters. The molecule has 4 heterocycles. The third kappa shape index (κ3) is 7.95. The fraction of sp³-hybridized carbons (Fsp3) is 0.378. The van der Waals surface area contributed by atoms with Gasteiger partial charge in [0, 0.05) is 86.9 Å². The van der Waals surface area contributed by atoms with Gasteiger partial charge in [0.15, 0.2) is 0 Å². The minimum Gasteiger partial charge on any atom is -0.455 e. The summed E-state index contributed by atoms with van der Waals surface area (Å²) in [6.45, 7) is 6.00. The van der Waals surface area contributed by atoms with E-state index in [0.29, 0.717) is 54.8 Å². The summed E-state index contributed by atoms with van der Waals surface area (Å²) in [6.07, 6.45) is 8.78. The van der Waals surface area contributed by atoms with Gasteiger partial charge in [-0.1, -0.05) is 35.4 Å². The van der Waals surface area contributed by atoms with Crippen LogP contribution in [0.5, 0.6) is 11.5 Å². The first-order chi connectivity index (χ1) is 29.6. The van der Waals surface area contributed by atoms with Gasteiger partial charge in [-0.15, -0.1) is 0 Å². The highest BCUT2D eigenvalue weighted by molar-refractivity contribution is 7.90. The van der Waals surface area contributed by atoms with Crippen molar-refractivity contribution < 1.29 is 27.6 Å². The first kappa shape index (κ1) is 39.6. The number of aromatic nitrogens is 2. The molecule has 5 aromatic rings. The maximum absolute atomic E-state index is 13.9. The summed E-state index contributed by atoms with van der Waals surface area (Å²) in [4.78, 5) is 37.3. The molecule has 5 atom stereocenters. The van der Waals surface area contributed by atoms with E-state index >= 15 is 0 Å². The molecule has 16 heteroatoms. The number of rotatable bonds is 13. The SMILES string of the molecule is O=C(NS(=O)(=O)c1ccc(NCC2CCOCC2)c([N+](=O)[O-])c1)c1ccc(N2CCN(C[C@H]3[C@H](c4ccc(Cl)cc4)[C@@H]4C5=C[C@H]3C[C@@H]54)CC2)cc1Oc1cnc2[nH]ccc2c1. The van der Waals surface area contributed by atoms with Gasteiger partial charge in [0.2, 0.25) is 0 Å². The lowest BCUT2D eigenvalue weighted by Gasteiger charge is -2.43. The number of nitro benzene ring substituents is 1. The number of hydrogen-bond acceptors (Lipinski definition) is 11. The number of carbonyl (C=O) groups excluding carboxylic acids is 1. The van der Waals surface area contributed by atoms with Crippen LogP contribution in [0, 0.1) is 39.7 Å². The average molecular weight is 864 g/mol. The number of nitrogens with one attached hydrogen (secondary N) is 3. The molecule has 3 aromatic carbocycles. The number of halogens is 1. The second kappa shape index (κ2) is 16.1. The highest BCUT2D eigenvalue weighted by Crippen LogP contribution is 2.69. The number of nitro groups is 1. The van der Waals surface area contributed by atoms with E-state index in [1.54, 1.807) is 36.0 Å². The highest BCUT2D eigenvalue weighted by atomic mass is 35.5. The monoisotopic (exact) mass is 863 g/mol. The number of anilines is 2. The summed E-state index contributed by atoms with van der Waals surface area (Å²) in [5, 5.41) is 16.7. The van der Waals surface area contributed by atoms with Crippen molar-refractivity contribution in [3.63, 3.8) is 0 Å². The molecule has 14 nitrogen and oxygen atoms in total. The predicted molar refractivity (Wildman–Crippen MR) is 232 cm³/mol. The molecule has 1 amide bonds. The van der Waals surface area contributed by atoms with E-state index in [1.807, 2.05) is 18.2 Å². The van der Waals surface area contributed by atoms with Crippen LogP contribution >= 0.6 is 11.6 Å². The van der Waals surface area contributed by atoms with Crippen molar-refractivity contribution in [2.45, 2.75) is 30.1 Å². The number of benzene rings is 3. The molecule has 2 aliphatic heterocycles. The number of fused-ring (bicyclic) bond motifs is 2. The molecule has 4 aliphatic carbocycles. The van der Waals surface area contributed by atoms with Crippen molar-refractivity contribution in [3.8, 4) is 11.5 Å². The minimum absolute atomic E-state index is 0.0267. The van der Waals surface area contributed by atoms with Gasteiger partial charge in [0.05, 0.1) is 21.6 Å². The molecular weight excluding hydrogens is 818 g/mol. The van der Waals surface area contributed by atoms with Gasteiger partial charge in [0.25, 0.3) is 21.6 Å². The number of nitrogens with zero attached hydrogens (tertiary/aromatic N) is 4. The van der Waals surface area contributed by atoms with Gasteiger partial charge in [-0.05, 0) is 109 Å². The van der Waals surface area contributed by atoms with Crippen molar-refractivity contribution >= 4 is 55.6 Å². The van der Waals surface area contributed by atoms with Crippen LogP contribution in [0.2, 0.25) is 5.02 Å². The predicted octanol–water partition coefficient (Wildman–Crippen LogP) is 7.60. The zero-order chi connectivity index (χ0) is 41.8. The normalized spacial score (nSPS) is 23.7. The van der Waals surface area contributed by atoms with Crippen LogP contribution < -0.4 is 19.7 Å². The van der Waals surface area contributed by atoms with E-state index in [1.165, 1.54) is 30.3 Å². The fourth-order valence-corrected chi connectivity index (χ4v) is 11.3. The Morgan fingerprint density at radius 3 is 2.56 bits per heavy atom. The Kier molecular flexibility index (Phi) is 10.5. The maximum atomic E-state index is 13.9. The summed E-state index contributed by atoms with van der Waals surface area (Å²) in [7, 11) is -4.55. The van der Waals surface area contributed by atoms with E-state index < -0.39 is 31.4 Å². The lowest BCUT2D eigenvalue weighted by molar-refractivity contribution is -0.384. The first-order valence-corrected chi connectivity index (χ1v) is 22.8. The lowest BCUT2D eigenvalue weighted by Crippen LogP contribution is -2.49. The zero-order valence-corrected chi connectivity index (χ0v) is 34.9. The van der Waals surface area contributed by atoms with Gasteiger partial charge in [-0.2, -0.15) is 0 Å². The third-order valence-electron chi connectivity index (χ3n) is 13.4. The standard InChI is InChI=1S/C45H46ClN7O7S/c46-31-3-1-28(2-4-31)42-38(30-20-36-37(21-30)43(36)42)26-51-13-15-52(16-14-51)32-5-7-35(41(22-32)60-33-19-29-9-12-47-44(29)49-25-33)45(54)50-61(57,58)34-6-8-39(40(23-34)53(55)56)48-24-27-10-17-59-18-11-27/h1-9,12,19-20,22-23,25,27,30,37-38,42-43,48H,10-11,13-18,21,24,26H2,(H,47,49)(H,50,54)/t30-,37-,38+,42-,43+/m0/s1.